The van der Waals surface area contributed by atoms with Gasteiger partial charge in [0.25, 0.3) is 0 Å². The third-order valence-electron chi connectivity index (χ3n) is 3.18. The molecule has 0 aliphatic carbocycles. The third kappa shape index (κ3) is 7.22. The van der Waals surface area contributed by atoms with Crippen molar-refractivity contribution in [3.8, 4) is 5.75 Å². The molecule has 4 nitrogen and oxygen atoms in total. The van der Waals surface area contributed by atoms with Crippen molar-refractivity contribution >= 4 is 11.9 Å². The SMILES string of the molecule is CC(=O)/C=C/c1ccc(OCOCCOCc2ccccc2)cc1. The van der Waals surface area contributed by atoms with Gasteiger partial charge in [0.2, 0.25) is 0 Å². The summed E-state index contributed by atoms with van der Waals surface area (Å²) in [6, 6.07) is 17.5. The standard InChI is InChI=1S/C20H22O4/c1-17(21)7-8-18-9-11-20(12-10-18)24-16-23-14-13-22-15-19-5-3-2-4-6-19/h2-12H,13-16H2,1H3/b8-7+. The number of benzene rings is 2. The smallest absolute Gasteiger partial charge is 0.189 e. The lowest BCUT2D eigenvalue weighted by atomic mass is 10.2. The first-order valence-electron chi connectivity index (χ1n) is 7.85. The van der Waals surface area contributed by atoms with Crippen LogP contribution in [0.2, 0.25) is 0 Å². The Balaban J connectivity index is 1.56. The molecular formula is C20H22O4. The largest absolute Gasteiger partial charge is 0.468 e. The lowest BCUT2D eigenvalue weighted by molar-refractivity contribution is -0.112. The minimum atomic E-state index is 0.0261. The monoisotopic (exact) mass is 326 g/mol. The summed E-state index contributed by atoms with van der Waals surface area (Å²) in [6.45, 7) is 3.28. The second-order valence-electron chi connectivity index (χ2n) is 5.22. The average molecular weight is 326 g/mol. The second kappa shape index (κ2) is 10.4. The summed E-state index contributed by atoms with van der Waals surface area (Å²) in [6.07, 6.45) is 3.31. The van der Waals surface area contributed by atoms with Crippen molar-refractivity contribution in [1.29, 1.82) is 0 Å². The predicted octanol–water partition coefficient (Wildman–Crippen LogP) is 3.86. The topological polar surface area (TPSA) is 44.8 Å². The first kappa shape index (κ1) is 17.9. The minimum Gasteiger partial charge on any atom is -0.468 e. The van der Waals surface area contributed by atoms with Crippen molar-refractivity contribution in [2.24, 2.45) is 0 Å². The Kier molecular flexibility index (Phi) is 7.74. The summed E-state index contributed by atoms with van der Waals surface area (Å²) in [5.74, 6) is 0.749. The van der Waals surface area contributed by atoms with Gasteiger partial charge in [-0.2, -0.15) is 0 Å². The predicted molar refractivity (Wildman–Crippen MR) is 93.7 cm³/mol. The molecule has 0 saturated carbocycles. The quantitative estimate of drug-likeness (QED) is 0.378. The van der Waals surface area contributed by atoms with E-state index in [2.05, 4.69) is 0 Å². The maximum Gasteiger partial charge on any atom is 0.189 e. The number of carbonyl (C=O) groups is 1. The Hall–Kier alpha value is -2.43. The highest BCUT2D eigenvalue weighted by molar-refractivity contribution is 5.91. The molecule has 0 aromatic heterocycles. The first-order chi connectivity index (χ1) is 11.7. The zero-order valence-corrected chi connectivity index (χ0v) is 13.8. The van der Waals surface area contributed by atoms with E-state index in [0.717, 1.165) is 16.9 Å². The molecule has 0 N–H and O–H groups in total. The number of rotatable bonds is 10. The van der Waals surface area contributed by atoms with E-state index >= 15 is 0 Å². The van der Waals surface area contributed by atoms with Crippen LogP contribution in [0.3, 0.4) is 0 Å². The number of ketones is 1. The van der Waals surface area contributed by atoms with E-state index in [4.69, 9.17) is 14.2 Å². The van der Waals surface area contributed by atoms with Gasteiger partial charge in [0.15, 0.2) is 12.6 Å². The van der Waals surface area contributed by atoms with Gasteiger partial charge in [0.05, 0.1) is 19.8 Å². The number of carbonyl (C=O) groups excluding carboxylic acids is 1. The van der Waals surface area contributed by atoms with Crippen LogP contribution in [0.5, 0.6) is 5.75 Å². The molecule has 0 unspecified atom stereocenters. The molecule has 4 heteroatoms. The van der Waals surface area contributed by atoms with Crippen molar-refractivity contribution in [3.63, 3.8) is 0 Å². The lowest BCUT2D eigenvalue weighted by Gasteiger charge is -2.08. The van der Waals surface area contributed by atoms with Crippen LogP contribution in [0.1, 0.15) is 18.1 Å². The summed E-state index contributed by atoms with van der Waals surface area (Å²) in [4.78, 5) is 10.9. The summed E-state index contributed by atoms with van der Waals surface area (Å²) < 4.78 is 16.4. The summed E-state index contributed by atoms with van der Waals surface area (Å²) in [5.41, 5.74) is 2.10. The molecule has 0 atom stereocenters. The zero-order chi connectivity index (χ0) is 17.0. The summed E-state index contributed by atoms with van der Waals surface area (Å²) in [5, 5.41) is 0. The van der Waals surface area contributed by atoms with Crippen LogP contribution in [0.15, 0.2) is 60.7 Å². The van der Waals surface area contributed by atoms with Crippen LogP contribution in [0, 0.1) is 0 Å². The second-order valence-corrected chi connectivity index (χ2v) is 5.22. The van der Waals surface area contributed by atoms with Gasteiger partial charge in [-0.1, -0.05) is 48.5 Å². The molecule has 126 valence electrons. The Bertz CT molecular complexity index is 632. The number of hydrogen-bond donors (Lipinski definition) is 0. The maximum atomic E-state index is 10.9. The van der Waals surface area contributed by atoms with E-state index in [9.17, 15) is 4.79 Å². The molecule has 0 aliphatic rings. The van der Waals surface area contributed by atoms with E-state index in [0.29, 0.717) is 19.8 Å². The molecule has 0 radical (unpaired) electrons. The van der Waals surface area contributed by atoms with Crippen molar-refractivity contribution in [3.05, 3.63) is 71.8 Å². The van der Waals surface area contributed by atoms with Gasteiger partial charge < -0.3 is 14.2 Å². The van der Waals surface area contributed by atoms with E-state index in [-0.39, 0.29) is 12.6 Å². The van der Waals surface area contributed by atoms with Crippen LogP contribution >= 0.6 is 0 Å². The summed E-state index contributed by atoms with van der Waals surface area (Å²) >= 11 is 0. The molecule has 0 spiro atoms. The van der Waals surface area contributed by atoms with Crippen LogP contribution in [-0.2, 0) is 20.9 Å². The molecule has 2 aromatic rings. The van der Waals surface area contributed by atoms with Gasteiger partial charge in [0.1, 0.15) is 5.75 Å². The van der Waals surface area contributed by atoms with E-state index in [1.165, 1.54) is 13.0 Å². The Morgan fingerprint density at radius 1 is 0.958 bits per heavy atom. The van der Waals surface area contributed by atoms with Gasteiger partial charge >= 0.3 is 0 Å². The van der Waals surface area contributed by atoms with E-state index in [1.54, 1.807) is 6.08 Å². The fourth-order valence-corrected chi connectivity index (χ4v) is 1.94. The normalized spacial score (nSPS) is 10.9. The molecule has 0 aliphatic heterocycles. The average Bonchev–Trinajstić information content (AvgIpc) is 2.61. The first-order valence-corrected chi connectivity index (χ1v) is 7.85. The fourth-order valence-electron chi connectivity index (χ4n) is 1.94. The Morgan fingerprint density at radius 2 is 1.67 bits per heavy atom. The van der Waals surface area contributed by atoms with Gasteiger partial charge in [-0.25, -0.2) is 0 Å². The molecule has 2 aromatic carbocycles. The van der Waals surface area contributed by atoms with E-state index < -0.39 is 0 Å². The van der Waals surface area contributed by atoms with Crippen LogP contribution in [0.4, 0.5) is 0 Å². The van der Waals surface area contributed by atoms with Crippen LogP contribution in [0.25, 0.3) is 6.08 Å². The third-order valence-corrected chi connectivity index (χ3v) is 3.18. The number of hydrogen-bond acceptors (Lipinski definition) is 4. The maximum absolute atomic E-state index is 10.9. The van der Waals surface area contributed by atoms with E-state index in [1.807, 2.05) is 54.6 Å². The Labute approximate surface area is 142 Å². The highest BCUT2D eigenvalue weighted by Crippen LogP contribution is 2.13. The van der Waals surface area contributed by atoms with Gasteiger partial charge in [-0.15, -0.1) is 0 Å². The van der Waals surface area contributed by atoms with Crippen molar-refractivity contribution < 1.29 is 19.0 Å². The number of allylic oxidation sites excluding steroid dienone is 1. The fraction of sp³-hybridized carbons (Fsp3) is 0.250. The van der Waals surface area contributed by atoms with Gasteiger partial charge in [-0.3, -0.25) is 4.79 Å². The molecule has 0 amide bonds. The van der Waals surface area contributed by atoms with Gasteiger partial charge in [0, 0.05) is 0 Å². The van der Waals surface area contributed by atoms with Crippen LogP contribution in [-0.4, -0.2) is 25.8 Å². The molecule has 0 saturated heterocycles. The lowest BCUT2D eigenvalue weighted by Crippen LogP contribution is -2.09. The van der Waals surface area contributed by atoms with Crippen molar-refractivity contribution in [2.45, 2.75) is 13.5 Å². The molecule has 0 fully saturated rings. The van der Waals surface area contributed by atoms with Gasteiger partial charge in [-0.05, 0) is 36.3 Å². The summed E-state index contributed by atoms with van der Waals surface area (Å²) in [7, 11) is 0. The van der Waals surface area contributed by atoms with Crippen molar-refractivity contribution in [2.75, 3.05) is 20.0 Å². The molecular weight excluding hydrogens is 304 g/mol. The van der Waals surface area contributed by atoms with Crippen LogP contribution < -0.4 is 4.74 Å². The molecule has 0 heterocycles. The zero-order valence-electron chi connectivity index (χ0n) is 13.8. The molecule has 2 rings (SSSR count). The highest BCUT2D eigenvalue weighted by atomic mass is 16.7. The Morgan fingerprint density at radius 3 is 2.38 bits per heavy atom. The molecule has 0 bridgehead atoms. The minimum absolute atomic E-state index is 0.0261. The highest BCUT2D eigenvalue weighted by Gasteiger charge is 1.96. The molecule has 24 heavy (non-hydrogen) atoms. The number of ether oxygens (including phenoxy) is 3. The van der Waals surface area contributed by atoms with Crippen molar-refractivity contribution in [1.82, 2.24) is 0 Å².